The molecule has 0 radical (unpaired) electrons. The van der Waals surface area contributed by atoms with Crippen molar-refractivity contribution in [2.45, 2.75) is 83.6 Å². The molecular weight excluding hydrogens is 276 g/mol. The van der Waals surface area contributed by atoms with Crippen molar-refractivity contribution in [3.05, 3.63) is 0 Å². The maximum absolute atomic E-state index is 12.4. The molecule has 2 amide bonds. The number of nitrogens with one attached hydrogen (secondary N) is 1. The average Bonchev–Trinajstić information content (AvgIpc) is 2.81. The van der Waals surface area contributed by atoms with Gasteiger partial charge in [-0.2, -0.15) is 0 Å². The summed E-state index contributed by atoms with van der Waals surface area (Å²) in [6.45, 7) is 3.62. The standard InChI is InChI=1S/C18H32N2O2/c1-2-3-10-17(21)20-13-11-15(12-14-20)18(22)19-16-8-6-4-5-7-9-16/h15-16H,2-14H2,1H3,(H,19,22). The summed E-state index contributed by atoms with van der Waals surface area (Å²) in [5, 5.41) is 3.26. The van der Waals surface area contributed by atoms with Gasteiger partial charge in [-0.1, -0.05) is 39.0 Å². The molecule has 1 heterocycles. The molecule has 0 spiro atoms. The van der Waals surface area contributed by atoms with E-state index in [-0.39, 0.29) is 17.7 Å². The maximum Gasteiger partial charge on any atom is 0.223 e. The van der Waals surface area contributed by atoms with E-state index in [9.17, 15) is 9.59 Å². The highest BCUT2D eigenvalue weighted by Crippen LogP contribution is 2.21. The minimum atomic E-state index is 0.110. The number of hydrogen-bond donors (Lipinski definition) is 1. The monoisotopic (exact) mass is 308 g/mol. The summed E-state index contributed by atoms with van der Waals surface area (Å²) in [7, 11) is 0. The third-order valence-electron chi connectivity index (χ3n) is 5.16. The molecule has 1 N–H and O–H groups in total. The van der Waals surface area contributed by atoms with Crippen molar-refractivity contribution in [2.24, 2.45) is 5.92 Å². The van der Waals surface area contributed by atoms with Crippen LogP contribution in [0.15, 0.2) is 0 Å². The number of hydrogen-bond acceptors (Lipinski definition) is 2. The Kier molecular flexibility index (Phi) is 7.20. The summed E-state index contributed by atoms with van der Waals surface area (Å²) in [4.78, 5) is 26.4. The number of piperidine rings is 1. The summed E-state index contributed by atoms with van der Waals surface area (Å²) in [6.07, 6.45) is 11.7. The van der Waals surface area contributed by atoms with Gasteiger partial charge in [0, 0.05) is 31.5 Å². The second-order valence-electron chi connectivity index (χ2n) is 6.96. The molecular formula is C18H32N2O2. The van der Waals surface area contributed by atoms with Crippen LogP contribution < -0.4 is 5.32 Å². The highest BCUT2D eigenvalue weighted by atomic mass is 16.2. The maximum atomic E-state index is 12.4. The first-order chi connectivity index (χ1) is 10.7. The molecule has 4 nitrogen and oxygen atoms in total. The Balaban J connectivity index is 1.71. The molecule has 2 rings (SSSR count). The smallest absolute Gasteiger partial charge is 0.223 e. The average molecular weight is 308 g/mol. The van der Waals surface area contributed by atoms with Crippen LogP contribution in [0.25, 0.3) is 0 Å². The van der Waals surface area contributed by atoms with Crippen LogP contribution in [0.1, 0.15) is 77.6 Å². The highest BCUT2D eigenvalue weighted by Gasteiger charge is 2.28. The molecule has 2 fully saturated rings. The minimum Gasteiger partial charge on any atom is -0.353 e. The lowest BCUT2D eigenvalue weighted by molar-refractivity contribution is -0.136. The van der Waals surface area contributed by atoms with Crippen LogP contribution in [0.3, 0.4) is 0 Å². The normalized spacial score (nSPS) is 21.4. The Hall–Kier alpha value is -1.06. The van der Waals surface area contributed by atoms with E-state index >= 15 is 0 Å². The summed E-state index contributed by atoms with van der Waals surface area (Å²) < 4.78 is 0. The SMILES string of the molecule is CCCCC(=O)N1CCC(C(=O)NC2CCCCCC2)CC1. The van der Waals surface area contributed by atoms with Crippen LogP contribution in [0, 0.1) is 5.92 Å². The molecule has 1 saturated heterocycles. The first-order valence-electron chi connectivity index (χ1n) is 9.29. The van der Waals surface area contributed by atoms with E-state index in [1.807, 2.05) is 4.90 Å². The fraction of sp³-hybridized carbons (Fsp3) is 0.889. The van der Waals surface area contributed by atoms with E-state index in [1.54, 1.807) is 0 Å². The molecule has 1 aliphatic carbocycles. The van der Waals surface area contributed by atoms with Gasteiger partial charge in [-0.25, -0.2) is 0 Å². The first kappa shape index (κ1) is 17.3. The van der Waals surface area contributed by atoms with Gasteiger partial charge < -0.3 is 10.2 Å². The zero-order valence-corrected chi connectivity index (χ0v) is 14.1. The Bertz CT molecular complexity index is 354. The first-order valence-corrected chi connectivity index (χ1v) is 9.29. The van der Waals surface area contributed by atoms with Crippen LogP contribution in [0.5, 0.6) is 0 Å². The van der Waals surface area contributed by atoms with E-state index in [1.165, 1.54) is 25.7 Å². The molecule has 2 aliphatic rings. The van der Waals surface area contributed by atoms with Crippen LogP contribution >= 0.6 is 0 Å². The zero-order chi connectivity index (χ0) is 15.8. The quantitative estimate of drug-likeness (QED) is 0.793. The second kappa shape index (κ2) is 9.16. The molecule has 126 valence electrons. The predicted molar refractivity (Wildman–Crippen MR) is 88.5 cm³/mol. The van der Waals surface area contributed by atoms with Crippen molar-refractivity contribution < 1.29 is 9.59 Å². The second-order valence-corrected chi connectivity index (χ2v) is 6.96. The van der Waals surface area contributed by atoms with Crippen LogP contribution in [0.2, 0.25) is 0 Å². The molecule has 0 bridgehead atoms. The Morgan fingerprint density at radius 1 is 1.00 bits per heavy atom. The van der Waals surface area contributed by atoms with Crippen LogP contribution in [-0.4, -0.2) is 35.8 Å². The van der Waals surface area contributed by atoms with Crippen molar-refractivity contribution in [3.63, 3.8) is 0 Å². The molecule has 1 aliphatic heterocycles. The van der Waals surface area contributed by atoms with Gasteiger partial charge in [-0.05, 0) is 32.1 Å². The Morgan fingerprint density at radius 2 is 1.64 bits per heavy atom. The highest BCUT2D eigenvalue weighted by molar-refractivity contribution is 5.80. The van der Waals surface area contributed by atoms with Crippen molar-refractivity contribution >= 4 is 11.8 Å². The van der Waals surface area contributed by atoms with Crippen molar-refractivity contribution in [3.8, 4) is 0 Å². The van der Waals surface area contributed by atoms with Crippen molar-refractivity contribution in [1.29, 1.82) is 0 Å². The van der Waals surface area contributed by atoms with Crippen molar-refractivity contribution in [2.75, 3.05) is 13.1 Å². The summed E-state index contributed by atoms with van der Waals surface area (Å²) in [6, 6.07) is 0.388. The number of nitrogens with zero attached hydrogens (tertiary/aromatic N) is 1. The molecule has 0 atom stereocenters. The molecule has 0 aromatic rings. The zero-order valence-electron chi connectivity index (χ0n) is 14.1. The summed E-state index contributed by atoms with van der Waals surface area (Å²) >= 11 is 0. The number of rotatable bonds is 5. The number of amides is 2. The Morgan fingerprint density at radius 3 is 2.23 bits per heavy atom. The van der Waals surface area contributed by atoms with E-state index < -0.39 is 0 Å². The molecule has 0 aromatic heterocycles. The number of unbranched alkanes of at least 4 members (excludes halogenated alkanes) is 1. The fourth-order valence-electron chi connectivity index (χ4n) is 3.62. The minimum absolute atomic E-state index is 0.110. The van der Waals surface area contributed by atoms with Gasteiger partial charge in [0.2, 0.25) is 11.8 Å². The van der Waals surface area contributed by atoms with Gasteiger partial charge in [0.25, 0.3) is 0 Å². The predicted octanol–water partition coefficient (Wildman–Crippen LogP) is 3.25. The number of carbonyl (C=O) groups is 2. The van der Waals surface area contributed by atoms with Gasteiger partial charge in [-0.3, -0.25) is 9.59 Å². The van der Waals surface area contributed by atoms with E-state index in [2.05, 4.69) is 12.2 Å². The number of carbonyl (C=O) groups excluding carboxylic acids is 2. The third-order valence-corrected chi connectivity index (χ3v) is 5.16. The third kappa shape index (κ3) is 5.29. The molecule has 0 aromatic carbocycles. The van der Waals surface area contributed by atoms with Crippen LogP contribution in [0.4, 0.5) is 0 Å². The molecule has 22 heavy (non-hydrogen) atoms. The fourth-order valence-corrected chi connectivity index (χ4v) is 3.62. The molecule has 4 heteroatoms. The van der Waals surface area contributed by atoms with Gasteiger partial charge >= 0.3 is 0 Å². The van der Waals surface area contributed by atoms with E-state index in [0.717, 1.165) is 51.6 Å². The molecule has 1 saturated carbocycles. The van der Waals surface area contributed by atoms with E-state index in [0.29, 0.717) is 12.5 Å². The lowest BCUT2D eigenvalue weighted by atomic mass is 9.94. The van der Waals surface area contributed by atoms with Gasteiger partial charge in [0.15, 0.2) is 0 Å². The van der Waals surface area contributed by atoms with Gasteiger partial charge in [-0.15, -0.1) is 0 Å². The van der Waals surface area contributed by atoms with Gasteiger partial charge in [0.05, 0.1) is 0 Å². The lowest BCUT2D eigenvalue weighted by Gasteiger charge is -2.32. The summed E-state index contributed by atoms with van der Waals surface area (Å²) in [5.74, 6) is 0.607. The topological polar surface area (TPSA) is 49.4 Å². The van der Waals surface area contributed by atoms with Gasteiger partial charge in [0.1, 0.15) is 0 Å². The Labute approximate surface area is 135 Å². The molecule has 0 unspecified atom stereocenters. The van der Waals surface area contributed by atoms with E-state index in [4.69, 9.17) is 0 Å². The lowest BCUT2D eigenvalue weighted by Crippen LogP contribution is -2.45. The van der Waals surface area contributed by atoms with Crippen LogP contribution in [-0.2, 0) is 9.59 Å². The number of likely N-dealkylation sites (tertiary alicyclic amines) is 1. The van der Waals surface area contributed by atoms with Crippen molar-refractivity contribution in [1.82, 2.24) is 10.2 Å². The largest absolute Gasteiger partial charge is 0.353 e. The summed E-state index contributed by atoms with van der Waals surface area (Å²) in [5.41, 5.74) is 0.